The lowest BCUT2D eigenvalue weighted by molar-refractivity contribution is -0.150. The molecule has 6 nitrogen and oxygen atoms in total. The second-order valence-corrected chi connectivity index (χ2v) is 8.49. The summed E-state index contributed by atoms with van der Waals surface area (Å²) in [7, 11) is 0. The number of amides is 2. The quantitative estimate of drug-likeness (QED) is 0.380. The number of carbonyl (C=O) groups is 3. The first-order chi connectivity index (χ1) is 14.8. The Kier molecular flexibility index (Phi) is 7.50. The molecule has 31 heavy (non-hydrogen) atoms. The van der Waals surface area contributed by atoms with Gasteiger partial charge in [-0.2, -0.15) is 0 Å². The Hall–Kier alpha value is -2.65. The summed E-state index contributed by atoms with van der Waals surface area (Å²) >= 11 is 4.13. The fourth-order valence-corrected chi connectivity index (χ4v) is 4.15. The summed E-state index contributed by atoms with van der Waals surface area (Å²) in [5.74, 6) is -1.13. The molecule has 1 aliphatic heterocycles. The largest absolute Gasteiger partial charge is 0.488 e. The molecule has 0 aliphatic carbocycles. The number of nitrogens with zero attached hydrogens (tertiary/aromatic N) is 1. The molecular formula is C22H19BrFNO5S. The van der Waals surface area contributed by atoms with Crippen LogP contribution < -0.4 is 4.74 Å². The van der Waals surface area contributed by atoms with Crippen molar-refractivity contribution in [2.45, 2.75) is 26.5 Å². The number of esters is 1. The first-order valence-electron chi connectivity index (χ1n) is 9.40. The Morgan fingerprint density at radius 2 is 2.03 bits per heavy atom. The second kappa shape index (κ2) is 10.1. The average Bonchev–Trinajstić information content (AvgIpc) is 3.00. The Balaban J connectivity index is 1.84. The van der Waals surface area contributed by atoms with E-state index in [-0.39, 0.29) is 23.9 Å². The summed E-state index contributed by atoms with van der Waals surface area (Å²) in [5.41, 5.74) is 1.21. The second-order valence-electron chi connectivity index (χ2n) is 6.58. The number of halogens is 2. The smallest absolute Gasteiger partial charge is 0.329 e. The van der Waals surface area contributed by atoms with Gasteiger partial charge in [0, 0.05) is 10.0 Å². The molecule has 0 spiro atoms. The molecule has 0 saturated carbocycles. The minimum absolute atomic E-state index is 0.127. The molecule has 9 heteroatoms. The number of carbonyl (C=O) groups excluding carboxylic acids is 3. The van der Waals surface area contributed by atoms with Crippen molar-refractivity contribution in [2.75, 3.05) is 6.61 Å². The third-order valence-corrected chi connectivity index (χ3v) is 5.76. The highest BCUT2D eigenvalue weighted by molar-refractivity contribution is 9.10. The van der Waals surface area contributed by atoms with E-state index in [1.165, 1.54) is 25.1 Å². The van der Waals surface area contributed by atoms with Gasteiger partial charge < -0.3 is 9.47 Å². The molecule has 2 amide bonds. The molecule has 3 rings (SSSR count). The standard InChI is InChI=1S/C22H19BrFNO5S/c1-3-29-21(27)13(2)25-20(26)19(31-22(25)28)11-15-10-16(23)7-8-18(15)30-12-14-5-4-6-17(24)9-14/h4-11,13H,3,12H2,1-2H3/b19-11+/t13-/m0/s1. The molecule has 0 aromatic heterocycles. The van der Waals surface area contributed by atoms with Crippen LogP contribution in [0.5, 0.6) is 5.75 Å². The Morgan fingerprint density at radius 3 is 2.74 bits per heavy atom. The van der Waals surface area contributed by atoms with Crippen LogP contribution in [0.4, 0.5) is 9.18 Å². The van der Waals surface area contributed by atoms with Gasteiger partial charge in [0.05, 0.1) is 11.5 Å². The fourth-order valence-electron chi connectivity index (χ4n) is 2.87. The van der Waals surface area contributed by atoms with E-state index in [0.29, 0.717) is 16.9 Å². The lowest BCUT2D eigenvalue weighted by Gasteiger charge is -2.19. The van der Waals surface area contributed by atoms with E-state index < -0.39 is 23.2 Å². The van der Waals surface area contributed by atoms with Gasteiger partial charge in [-0.15, -0.1) is 0 Å². The molecule has 0 radical (unpaired) electrons. The molecule has 1 aliphatic rings. The predicted molar refractivity (Wildman–Crippen MR) is 119 cm³/mol. The predicted octanol–water partition coefficient (Wildman–Crippen LogP) is 5.16. The van der Waals surface area contributed by atoms with E-state index in [1.54, 1.807) is 37.3 Å². The van der Waals surface area contributed by atoms with E-state index in [0.717, 1.165) is 21.1 Å². The van der Waals surface area contributed by atoms with Crippen molar-refractivity contribution >= 4 is 50.9 Å². The number of imide groups is 1. The SMILES string of the molecule is CCOC(=O)[C@H](C)N1C(=O)S/C(=C/c2cc(Br)ccc2OCc2cccc(F)c2)C1=O. The number of hydrogen-bond acceptors (Lipinski definition) is 6. The van der Waals surface area contributed by atoms with Gasteiger partial charge in [-0.05, 0) is 67.6 Å². The number of rotatable bonds is 7. The molecule has 162 valence electrons. The first-order valence-corrected chi connectivity index (χ1v) is 11.0. The van der Waals surface area contributed by atoms with Gasteiger partial charge in [0.15, 0.2) is 0 Å². The van der Waals surface area contributed by atoms with E-state index in [2.05, 4.69) is 15.9 Å². The summed E-state index contributed by atoms with van der Waals surface area (Å²) in [6.45, 7) is 3.38. The number of ether oxygens (including phenoxy) is 2. The zero-order valence-electron chi connectivity index (χ0n) is 16.8. The molecular weight excluding hydrogens is 489 g/mol. The number of benzene rings is 2. The number of hydrogen-bond donors (Lipinski definition) is 0. The van der Waals surface area contributed by atoms with E-state index in [1.807, 2.05) is 0 Å². The summed E-state index contributed by atoms with van der Waals surface area (Å²) < 4.78 is 24.9. The highest BCUT2D eigenvalue weighted by Gasteiger charge is 2.41. The normalized spacial score (nSPS) is 16.0. The van der Waals surface area contributed by atoms with Crippen LogP contribution in [0, 0.1) is 5.82 Å². The summed E-state index contributed by atoms with van der Waals surface area (Å²) in [6.07, 6.45) is 1.54. The van der Waals surface area contributed by atoms with Crippen molar-refractivity contribution in [3.8, 4) is 5.75 Å². The van der Waals surface area contributed by atoms with Crippen LogP contribution >= 0.6 is 27.7 Å². The highest BCUT2D eigenvalue weighted by Crippen LogP contribution is 2.36. The molecule has 2 aromatic rings. The van der Waals surface area contributed by atoms with Crippen molar-refractivity contribution in [2.24, 2.45) is 0 Å². The molecule has 0 bridgehead atoms. The minimum Gasteiger partial charge on any atom is -0.488 e. The topological polar surface area (TPSA) is 72.9 Å². The van der Waals surface area contributed by atoms with E-state index in [4.69, 9.17) is 9.47 Å². The van der Waals surface area contributed by atoms with Crippen molar-refractivity contribution in [3.63, 3.8) is 0 Å². The first kappa shape index (κ1) is 23.0. The van der Waals surface area contributed by atoms with Crippen molar-refractivity contribution < 1.29 is 28.2 Å². The molecule has 0 N–H and O–H groups in total. The summed E-state index contributed by atoms with van der Waals surface area (Å²) in [4.78, 5) is 38.2. The molecule has 2 aromatic carbocycles. The van der Waals surface area contributed by atoms with Gasteiger partial charge in [0.1, 0.15) is 24.2 Å². The highest BCUT2D eigenvalue weighted by atomic mass is 79.9. The maximum absolute atomic E-state index is 13.4. The van der Waals surface area contributed by atoms with Crippen LogP contribution in [-0.4, -0.2) is 34.7 Å². The minimum atomic E-state index is -1.02. The zero-order chi connectivity index (χ0) is 22.5. The van der Waals surface area contributed by atoms with Crippen LogP contribution in [0.3, 0.4) is 0 Å². The van der Waals surface area contributed by atoms with Crippen LogP contribution in [0.15, 0.2) is 51.8 Å². The van der Waals surface area contributed by atoms with Crippen LogP contribution in [-0.2, 0) is 20.9 Å². The number of thioether (sulfide) groups is 1. The van der Waals surface area contributed by atoms with Crippen LogP contribution in [0.2, 0.25) is 0 Å². The maximum Gasteiger partial charge on any atom is 0.329 e. The van der Waals surface area contributed by atoms with Crippen LogP contribution in [0.1, 0.15) is 25.0 Å². The van der Waals surface area contributed by atoms with Crippen LogP contribution in [0.25, 0.3) is 6.08 Å². The Labute approximate surface area is 191 Å². The molecule has 1 saturated heterocycles. The third-order valence-electron chi connectivity index (χ3n) is 4.38. The van der Waals surface area contributed by atoms with Gasteiger partial charge in [-0.3, -0.25) is 14.5 Å². The van der Waals surface area contributed by atoms with Crippen molar-refractivity contribution in [1.82, 2.24) is 4.90 Å². The molecule has 1 heterocycles. The third kappa shape index (κ3) is 5.54. The van der Waals surface area contributed by atoms with Crippen molar-refractivity contribution in [3.05, 3.63) is 68.8 Å². The average molecular weight is 508 g/mol. The molecule has 0 unspecified atom stereocenters. The van der Waals surface area contributed by atoms with Gasteiger partial charge in [-0.1, -0.05) is 28.1 Å². The Morgan fingerprint density at radius 1 is 1.26 bits per heavy atom. The van der Waals surface area contributed by atoms with E-state index in [9.17, 15) is 18.8 Å². The fraction of sp³-hybridized carbons (Fsp3) is 0.227. The van der Waals surface area contributed by atoms with Gasteiger partial charge in [0.2, 0.25) is 0 Å². The van der Waals surface area contributed by atoms with Gasteiger partial charge in [-0.25, -0.2) is 9.18 Å². The zero-order valence-corrected chi connectivity index (χ0v) is 19.2. The summed E-state index contributed by atoms with van der Waals surface area (Å²) in [6, 6.07) is 10.3. The summed E-state index contributed by atoms with van der Waals surface area (Å²) in [5, 5.41) is -0.547. The monoisotopic (exact) mass is 507 g/mol. The maximum atomic E-state index is 13.4. The van der Waals surface area contributed by atoms with Gasteiger partial charge >= 0.3 is 5.97 Å². The Bertz CT molecular complexity index is 1060. The van der Waals surface area contributed by atoms with Crippen molar-refractivity contribution in [1.29, 1.82) is 0 Å². The lowest BCUT2D eigenvalue weighted by atomic mass is 10.1. The molecule has 1 atom stereocenters. The van der Waals surface area contributed by atoms with E-state index >= 15 is 0 Å². The molecule has 1 fully saturated rings. The van der Waals surface area contributed by atoms with Gasteiger partial charge in [0.25, 0.3) is 11.1 Å². The lowest BCUT2D eigenvalue weighted by Crippen LogP contribution is -2.42.